The highest BCUT2D eigenvalue weighted by Gasteiger charge is 2.23. The van der Waals surface area contributed by atoms with Crippen LogP contribution in [0.2, 0.25) is 0 Å². The number of ether oxygens (including phenoxy) is 2. The Kier molecular flexibility index (Phi) is 6.47. The van der Waals surface area contributed by atoms with E-state index in [1.807, 2.05) is 13.8 Å². The van der Waals surface area contributed by atoms with Crippen LogP contribution in [-0.2, 0) is 9.47 Å². The SMILES string of the molecule is C#C[C@@H]1CCCN1CCC(OCC)OCC. The first kappa shape index (κ1) is 13.5. The zero-order chi connectivity index (χ0) is 11.8. The number of hydrogen-bond donors (Lipinski definition) is 0. The maximum Gasteiger partial charge on any atom is 0.158 e. The Morgan fingerprint density at radius 2 is 2.06 bits per heavy atom. The number of hydrogen-bond acceptors (Lipinski definition) is 3. The lowest BCUT2D eigenvalue weighted by atomic mass is 10.2. The third kappa shape index (κ3) is 4.13. The van der Waals surface area contributed by atoms with Crippen LogP contribution < -0.4 is 0 Å². The van der Waals surface area contributed by atoms with Gasteiger partial charge >= 0.3 is 0 Å². The van der Waals surface area contributed by atoms with E-state index in [0.717, 1.165) is 25.9 Å². The molecule has 0 spiro atoms. The normalized spacial score (nSPS) is 21.5. The molecular formula is C13H23NO2. The first-order chi connectivity index (χ1) is 7.81. The van der Waals surface area contributed by atoms with Crippen molar-refractivity contribution in [2.24, 2.45) is 0 Å². The molecule has 16 heavy (non-hydrogen) atoms. The minimum Gasteiger partial charge on any atom is -0.353 e. The summed E-state index contributed by atoms with van der Waals surface area (Å²) in [4.78, 5) is 2.35. The van der Waals surface area contributed by atoms with Gasteiger partial charge in [0.1, 0.15) is 0 Å². The third-order valence-electron chi connectivity index (χ3n) is 2.91. The van der Waals surface area contributed by atoms with Crippen LogP contribution in [0.25, 0.3) is 0 Å². The molecule has 1 aliphatic heterocycles. The second-order valence-corrected chi connectivity index (χ2v) is 3.99. The molecule has 0 radical (unpaired) electrons. The molecule has 0 aromatic heterocycles. The number of terminal acetylenes is 1. The molecule has 0 unspecified atom stereocenters. The summed E-state index contributed by atoms with van der Waals surface area (Å²) >= 11 is 0. The van der Waals surface area contributed by atoms with Crippen molar-refractivity contribution in [2.75, 3.05) is 26.3 Å². The summed E-state index contributed by atoms with van der Waals surface area (Å²) in [5.41, 5.74) is 0. The number of nitrogens with zero attached hydrogens (tertiary/aromatic N) is 1. The van der Waals surface area contributed by atoms with E-state index in [-0.39, 0.29) is 6.29 Å². The summed E-state index contributed by atoms with van der Waals surface area (Å²) in [6, 6.07) is 0.323. The topological polar surface area (TPSA) is 21.7 Å². The van der Waals surface area contributed by atoms with Gasteiger partial charge in [-0.2, -0.15) is 0 Å². The van der Waals surface area contributed by atoms with Gasteiger partial charge in [0.25, 0.3) is 0 Å². The monoisotopic (exact) mass is 225 g/mol. The van der Waals surface area contributed by atoms with Crippen LogP contribution >= 0.6 is 0 Å². The standard InChI is InChI=1S/C13H23NO2/c1-4-12-8-7-10-14(12)11-9-13(15-5-2)16-6-3/h1,12-13H,5-11H2,2-3H3/t12-/m1/s1. The third-order valence-corrected chi connectivity index (χ3v) is 2.91. The minimum absolute atomic E-state index is 0.0750. The molecule has 1 rings (SSSR count). The fourth-order valence-corrected chi connectivity index (χ4v) is 2.14. The lowest BCUT2D eigenvalue weighted by molar-refractivity contribution is -0.141. The van der Waals surface area contributed by atoms with E-state index in [2.05, 4.69) is 10.8 Å². The van der Waals surface area contributed by atoms with Crippen LogP contribution in [0, 0.1) is 12.3 Å². The summed E-state index contributed by atoms with van der Waals surface area (Å²) in [7, 11) is 0. The second-order valence-electron chi connectivity index (χ2n) is 3.99. The smallest absolute Gasteiger partial charge is 0.158 e. The van der Waals surface area contributed by atoms with Gasteiger partial charge in [-0.25, -0.2) is 0 Å². The van der Waals surface area contributed by atoms with Crippen molar-refractivity contribution in [3.63, 3.8) is 0 Å². The Morgan fingerprint density at radius 3 is 2.62 bits per heavy atom. The molecule has 0 amide bonds. The molecule has 1 atom stereocenters. The number of rotatable bonds is 7. The minimum atomic E-state index is -0.0750. The summed E-state index contributed by atoms with van der Waals surface area (Å²) in [5, 5.41) is 0. The second kappa shape index (κ2) is 7.67. The van der Waals surface area contributed by atoms with Gasteiger partial charge in [0.15, 0.2) is 6.29 Å². The van der Waals surface area contributed by atoms with Crippen molar-refractivity contribution in [2.45, 2.75) is 45.4 Å². The quantitative estimate of drug-likeness (QED) is 0.488. The van der Waals surface area contributed by atoms with Crippen molar-refractivity contribution >= 4 is 0 Å². The van der Waals surface area contributed by atoms with Gasteiger partial charge in [-0.15, -0.1) is 6.42 Å². The summed E-state index contributed by atoms with van der Waals surface area (Å²) < 4.78 is 11.0. The van der Waals surface area contributed by atoms with Crippen LogP contribution in [0.5, 0.6) is 0 Å². The predicted octanol–water partition coefficient (Wildman–Crippen LogP) is 1.87. The van der Waals surface area contributed by atoms with Gasteiger partial charge in [-0.3, -0.25) is 4.90 Å². The molecule has 92 valence electrons. The largest absolute Gasteiger partial charge is 0.353 e. The highest BCUT2D eigenvalue weighted by molar-refractivity contribution is 5.02. The fourth-order valence-electron chi connectivity index (χ4n) is 2.14. The molecule has 0 aromatic carbocycles. The Balaban J connectivity index is 2.28. The lowest BCUT2D eigenvalue weighted by Crippen LogP contribution is -2.32. The van der Waals surface area contributed by atoms with Gasteiger partial charge in [0.05, 0.1) is 6.04 Å². The van der Waals surface area contributed by atoms with E-state index in [9.17, 15) is 0 Å². The average molecular weight is 225 g/mol. The maximum atomic E-state index is 5.51. The molecule has 3 nitrogen and oxygen atoms in total. The van der Waals surface area contributed by atoms with E-state index < -0.39 is 0 Å². The summed E-state index contributed by atoms with van der Waals surface area (Å²) in [6.07, 6.45) is 8.66. The molecule has 0 aromatic rings. The van der Waals surface area contributed by atoms with E-state index in [0.29, 0.717) is 19.3 Å². The molecule has 0 bridgehead atoms. The molecule has 1 saturated heterocycles. The highest BCUT2D eigenvalue weighted by Crippen LogP contribution is 2.17. The zero-order valence-corrected chi connectivity index (χ0v) is 10.4. The summed E-state index contributed by atoms with van der Waals surface area (Å²) in [6.45, 7) is 7.46. The van der Waals surface area contributed by atoms with Crippen LogP contribution in [0.3, 0.4) is 0 Å². The molecular weight excluding hydrogens is 202 g/mol. The van der Waals surface area contributed by atoms with E-state index in [1.165, 1.54) is 6.42 Å². The van der Waals surface area contributed by atoms with Gasteiger partial charge in [0, 0.05) is 26.2 Å². The Hall–Kier alpha value is -0.560. The van der Waals surface area contributed by atoms with Crippen molar-refractivity contribution in [1.29, 1.82) is 0 Å². The first-order valence-corrected chi connectivity index (χ1v) is 6.25. The molecule has 0 aliphatic carbocycles. The van der Waals surface area contributed by atoms with Crippen molar-refractivity contribution in [3.8, 4) is 12.3 Å². The van der Waals surface area contributed by atoms with Crippen LogP contribution in [0.4, 0.5) is 0 Å². The van der Waals surface area contributed by atoms with Gasteiger partial charge in [0.2, 0.25) is 0 Å². The molecule has 1 heterocycles. The van der Waals surface area contributed by atoms with Crippen LogP contribution in [0.15, 0.2) is 0 Å². The summed E-state index contributed by atoms with van der Waals surface area (Å²) in [5.74, 6) is 2.85. The van der Waals surface area contributed by atoms with Gasteiger partial charge in [-0.05, 0) is 33.2 Å². The van der Waals surface area contributed by atoms with E-state index in [4.69, 9.17) is 15.9 Å². The van der Waals surface area contributed by atoms with E-state index >= 15 is 0 Å². The molecule has 0 saturated carbocycles. The van der Waals surface area contributed by atoms with Crippen LogP contribution in [0.1, 0.15) is 33.1 Å². The molecule has 1 aliphatic rings. The van der Waals surface area contributed by atoms with Crippen molar-refractivity contribution < 1.29 is 9.47 Å². The van der Waals surface area contributed by atoms with Crippen molar-refractivity contribution in [1.82, 2.24) is 4.90 Å². The fraction of sp³-hybridized carbons (Fsp3) is 0.846. The van der Waals surface area contributed by atoms with E-state index in [1.54, 1.807) is 0 Å². The average Bonchev–Trinajstić information content (AvgIpc) is 2.74. The Labute approximate surface area is 99.1 Å². The molecule has 3 heteroatoms. The molecule has 1 fully saturated rings. The first-order valence-electron chi connectivity index (χ1n) is 6.25. The Morgan fingerprint density at radius 1 is 1.38 bits per heavy atom. The predicted molar refractivity (Wildman–Crippen MR) is 65.1 cm³/mol. The van der Waals surface area contributed by atoms with Crippen LogP contribution in [-0.4, -0.2) is 43.5 Å². The molecule has 0 N–H and O–H groups in total. The number of likely N-dealkylation sites (tertiary alicyclic amines) is 1. The Bertz CT molecular complexity index is 218. The van der Waals surface area contributed by atoms with Crippen molar-refractivity contribution in [3.05, 3.63) is 0 Å². The zero-order valence-electron chi connectivity index (χ0n) is 10.4. The van der Waals surface area contributed by atoms with Gasteiger partial charge < -0.3 is 9.47 Å². The van der Waals surface area contributed by atoms with Gasteiger partial charge in [-0.1, -0.05) is 5.92 Å². The lowest BCUT2D eigenvalue weighted by Gasteiger charge is -2.23. The highest BCUT2D eigenvalue weighted by atomic mass is 16.7. The maximum absolute atomic E-state index is 5.51.